The van der Waals surface area contributed by atoms with E-state index in [-0.39, 0.29) is 11.8 Å². The van der Waals surface area contributed by atoms with E-state index in [1.165, 1.54) is 4.90 Å². The van der Waals surface area contributed by atoms with Gasteiger partial charge in [0.15, 0.2) is 0 Å². The van der Waals surface area contributed by atoms with Crippen molar-refractivity contribution < 1.29 is 9.59 Å². The molecule has 1 saturated heterocycles. The van der Waals surface area contributed by atoms with Crippen LogP contribution >= 0.6 is 15.9 Å². The molecule has 0 bridgehead atoms. The summed E-state index contributed by atoms with van der Waals surface area (Å²) in [5, 5.41) is 0. The van der Waals surface area contributed by atoms with Gasteiger partial charge in [-0.1, -0.05) is 0 Å². The summed E-state index contributed by atoms with van der Waals surface area (Å²) in [6.07, 6.45) is 2.38. The molecule has 0 atom stereocenters. The Balaban J connectivity index is 2.38. The van der Waals surface area contributed by atoms with Gasteiger partial charge in [-0.25, -0.2) is 0 Å². The van der Waals surface area contributed by atoms with E-state index in [4.69, 9.17) is 5.73 Å². The van der Waals surface area contributed by atoms with Crippen LogP contribution in [0.25, 0.3) is 0 Å². The standard InChI is InChI=1S/C12H13BrN2O2/c13-9-6-5-8(7-10(9)14)15-11(16)3-1-2-4-12(15)17/h5-7H,1-4,14H2. The lowest BCUT2D eigenvalue weighted by Gasteiger charge is -2.19. The smallest absolute Gasteiger partial charge is 0.233 e. The number of nitrogens with two attached hydrogens (primary N) is 1. The van der Waals surface area contributed by atoms with Gasteiger partial charge in [0.2, 0.25) is 11.8 Å². The lowest BCUT2D eigenvalue weighted by Crippen LogP contribution is -2.35. The lowest BCUT2D eigenvalue weighted by molar-refractivity contribution is -0.125. The molecule has 0 radical (unpaired) electrons. The maximum absolute atomic E-state index is 11.9. The topological polar surface area (TPSA) is 63.4 Å². The molecule has 1 aliphatic heterocycles. The highest BCUT2D eigenvalue weighted by Crippen LogP contribution is 2.27. The third kappa shape index (κ3) is 2.49. The van der Waals surface area contributed by atoms with Crippen LogP contribution < -0.4 is 10.6 Å². The zero-order valence-corrected chi connectivity index (χ0v) is 10.9. The third-order valence-electron chi connectivity index (χ3n) is 2.77. The average molecular weight is 297 g/mol. The molecule has 90 valence electrons. The Morgan fingerprint density at radius 1 is 1.12 bits per heavy atom. The number of halogens is 1. The molecule has 1 fully saturated rings. The number of hydrogen-bond acceptors (Lipinski definition) is 3. The molecular formula is C12H13BrN2O2. The van der Waals surface area contributed by atoms with Gasteiger partial charge in [0, 0.05) is 23.0 Å². The number of amides is 2. The van der Waals surface area contributed by atoms with Crippen molar-refractivity contribution in [2.45, 2.75) is 25.7 Å². The van der Waals surface area contributed by atoms with Crippen LogP contribution in [0.1, 0.15) is 25.7 Å². The molecule has 2 N–H and O–H groups in total. The highest BCUT2D eigenvalue weighted by molar-refractivity contribution is 9.10. The Morgan fingerprint density at radius 3 is 2.24 bits per heavy atom. The van der Waals surface area contributed by atoms with Crippen molar-refractivity contribution in [3.63, 3.8) is 0 Å². The molecule has 1 aromatic rings. The molecule has 17 heavy (non-hydrogen) atoms. The minimum Gasteiger partial charge on any atom is -0.398 e. The minimum atomic E-state index is -0.144. The van der Waals surface area contributed by atoms with Gasteiger partial charge >= 0.3 is 0 Å². The van der Waals surface area contributed by atoms with Gasteiger partial charge in [-0.2, -0.15) is 0 Å². The second kappa shape index (κ2) is 4.87. The normalized spacial score (nSPS) is 17.1. The molecule has 0 aliphatic carbocycles. The number of nitrogens with zero attached hydrogens (tertiary/aromatic N) is 1. The van der Waals surface area contributed by atoms with E-state index < -0.39 is 0 Å². The second-order valence-corrected chi connectivity index (χ2v) is 4.89. The number of carbonyl (C=O) groups is 2. The van der Waals surface area contributed by atoms with Gasteiger partial charge in [0.1, 0.15) is 0 Å². The Labute approximate surface area is 108 Å². The Hall–Kier alpha value is -1.36. The van der Waals surface area contributed by atoms with Crippen LogP contribution in [0.2, 0.25) is 0 Å². The summed E-state index contributed by atoms with van der Waals surface area (Å²) < 4.78 is 0.760. The van der Waals surface area contributed by atoms with Gasteiger partial charge in [-0.05, 0) is 47.0 Å². The van der Waals surface area contributed by atoms with Gasteiger partial charge < -0.3 is 5.73 Å². The monoisotopic (exact) mass is 296 g/mol. The number of imide groups is 1. The van der Waals surface area contributed by atoms with E-state index in [0.717, 1.165) is 17.3 Å². The van der Waals surface area contributed by atoms with E-state index in [9.17, 15) is 9.59 Å². The molecule has 0 aromatic heterocycles. The second-order valence-electron chi connectivity index (χ2n) is 4.04. The highest BCUT2D eigenvalue weighted by Gasteiger charge is 2.25. The van der Waals surface area contributed by atoms with Crippen LogP contribution in [0.5, 0.6) is 0 Å². The summed E-state index contributed by atoms with van der Waals surface area (Å²) in [6.45, 7) is 0. The molecule has 0 unspecified atom stereocenters. The van der Waals surface area contributed by atoms with Crippen LogP contribution in [-0.2, 0) is 9.59 Å². The van der Waals surface area contributed by atoms with Crippen LogP contribution in [-0.4, -0.2) is 11.8 Å². The fraction of sp³-hybridized carbons (Fsp3) is 0.333. The summed E-state index contributed by atoms with van der Waals surface area (Å²) in [6, 6.07) is 5.11. The first-order valence-corrected chi connectivity index (χ1v) is 6.29. The molecule has 0 spiro atoms. The molecule has 2 amide bonds. The quantitative estimate of drug-likeness (QED) is 0.639. The van der Waals surface area contributed by atoms with Crippen molar-refractivity contribution in [1.82, 2.24) is 0 Å². The fourth-order valence-electron chi connectivity index (χ4n) is 1.87. The van der Waals surface area contributed by atoms with Crippen LogP contribution in [0.4, 0.5) is 11.4 Å². The highest BCUT2D eigenvalue weighted by atomic mass is 79.9. The maximum atomic E-state index is 11.9. The first-order chi connectivity index (χ1) is 8.09. The molecule has 2 rings (SSSR count). The molecule has 1 aromatic carbocycles. The number of anilines is 2. The first kappa shape index (κ1) is 12.1. The first-order valence-electron chi connectivity index (χ1n) is 5.50. The average Bonchev–Trinajstić information content (AvgIpc) is 2.45. The summed E-state index contributed by atoms with van der Waals surface area (Å²) in [7, 11) is 0. The van der Waals surface area contributed by atoms with E-state index in [1.54, 1.807) is 18.2 Å². The molecule has 1 heterocycles. The van der Waals surface area contributed by atoms with Gasteiger partial charge in [-0.3, -0.25) is 14.5 Å². The largest absolute Gasteiger partial charge is 0.398 e. The molecule has 4 nitrogen and oxygen atoms in total. The molecule has 0 saturated carbocycles. The maximum Gasteiger partial charge on any atom is 0.233 e. The number of nitrogen functional groups attached to an aromatic ring is 1. The van der Waals surface area contributed by atoms with Gasteiger partial charge in [-0.15, -0.1) is 0 Å². The zero-order valence-electron chi connectivity index (χ0n) is 9.28. The fourth-order valence-corrected chi connectivity index (χ4v) is 2.12. The summed E-state index contributed by atoms with van der Waals surface area (Å²) >= 11 is 3.29. The van der Waals surface area contributed by atoms with E-state index in [0.29, 0.717) is 24.2 Å². The Morgan fingerprint density at radius 2 is 1.71 bits per heavy atom. The van der Waals surface area contributed by atoms with Crippen LogP contribution in [0.15, 0.2) is 22.7 Å². The summed E-state index contributed by atoms with van der Waals surface area (Å²) in [5.41, 5.74) is 6.84. The van der Waals surface area contributed by atoms with Gasteiger partial charge in [0.25, 0.3) is 0 Å². The van der Waals surface area contributed by atoms with Gasteiger partial charge in [0.05, 0.1) is 5.69 Å². The van der Waals surface area contributed by atoms with Crippen LogP contribution in [0, 0.1) is 0 Å². The summed E-state index contributed by atoms with van der Waals surface area (Å²) in [4.78, 5) is 25.0. The molecular weight excluding hydrogens is 284 g/mol. The number of hydrogen-bond donors (Lipinski definition) is 1. The lowest BCUT2D eigenvalue weighted by atomic mass is 10.2. The zero-order chi connectivity index (χ0) is 12.4. The number of carbonyl (C=O) groups excluding carboxylic acids is 2. The minimum absolute atomic E-state index is 0.144. The van der Waals surface area contributed by atoms with Crippen molar-refractivity contribution in [3.8, 4) is 0 Å². The van der Waals surface area contributed by atoms with Crippen LogP contribution in [0.3, 0.4) is 0 Å². The van der Waals surface area contributed by atoms with Crippen molar-refractivity contribution >= 4 is 39.1 Å². The Kier molecular flexibility index (Phi) is 3.47. The van der Waals surface area contributed by atoms with E-state index >= 15 is 0 Å². The van der Waals surface area contributed by atoms with Crippen molar-refractivity contribution in [3.05, 3.63) is 22.7 Å². The number of benzene rings is 1. The molecule has 1 aliphatic rings. The predicted octanol–water partition coefficient (Wildman–Crippen LogP) is 2.46. The van der Waals surface area contributed by atoms with E-state index in [1.807, 2.05) is 0 Å². The number of rotatable bonds is 1. The molecule has 5 heteroatoms. The predicted molar refractivity (Wildman–Crippen MR) is 69.5 cm³/mol. The third-order valence-corrected chi connectivity index (χ3v) is 3.49. The van der Waals surface area contributed by atoms with Crippen molar-refractivity contribution in [1.29, 1.82) is 0 Å². The SMILES string of the molecule is Nc1cc(N2C(=O)CCCCC2=O)ccc1Br. The van der Waals surface area contributed by atoms with Crippen molar-refractivity contribution in [2.75, 3.05) is 10.6 Å². The Bertz CT molecular complexity index is 456. The van der Waals surface area contributed by atoms with E-state index in [2.05, 4.69) is 15.9 Å². The van der Waals surface area contributed by atoms with Crippen molar-refractivity contribution in [2.24, 2.45) is 0 Å². The summed E-state index contributed by atoms with van der Waals surface area (Å²) in [5.74, 6) is -0.288.